The number of esters is 2. The first-order chi connectivity index (χ1) is 29.0. The molecular weight excluding hydrogens is 793 g/mol. The Morgan fingerprint density at radius 1 is 0.836 bits per heavy atom. The molecule has 0 spiro atoms. The van der Waals surface area contributed by atoms with E-state index in [2.05, 4.69) is 27.8 Å². The average Bonchev–Trinajstić information content (AvgIpc) is 3.84. The average molecular weight is 853 g/mol. The Hall–Kier alpha value is -5.56. The van der Waals surface area contributed by atoms with Crippen LogP contribution < -0.4 is 10.6 Å². The normalized spacial score (nSPS) is 14.7. The molecule has 0 fully saturated rings. The van der Waals surface area contributed by atoms with Crippen molar-refractivity contribution in [1.82, 2.24) is 20.5 Å². The van der Waals surface area contributed by atoms with Gasteiger partial charge in [0.15, 0.2) is 6.10 Å². The molecule has 12 nitrogen and oxygen atoms in total. The van der Waals surface area contributed by atoms with E-state index in [9.17, 15) is 24.0 Å². The number of fused-ring (bicyclic) bond motifs is 3. The number of hydrogen-bond acceptors (Lipinski definition) is 10. The number of amides is 3. The van der Waals surface area contributed by atoms with E-state index in [0.717, 1.165) is 27.8 Å². The maximum atomic E-state index is 14.4. The molecule has 1 heterocycles. The van der Waals surface area contributed by atoms with Crippen molar-refractivity contribution in [1.29, 1.82) is 0 Å². The first kappa shape index (κ1) is 46.5. The quantitative estimate of drug-likeness (QED) is 0.0741. The van der Waals surface area contributed by atoms with Crippen LogP contribution in [0.4, 0.5) is 4.79 Å². The number of aromatic nitrogens is 1. The maximum absolute atomic E-state index is 14.4. The van der Waals surface area contributed by atoms with E-state index in [1.165, 1.54) is 18.3 Å². The fourth-order valence-corrected chi connectivity index (χ4v) is 8.81. The Labute approximate surface area is 363 Å². The van der Waals surface area contributed by atoms with E-state index >= 15 is 0 Å². The van der Waals surface area contributed by atoms with Gasteiger partial charge in [-0.2, -0.15) is 0 Å². The summed E-state index contributed by atoms with van der Waals surface area (Å²) in [5.41, 5.74) is 4.85. The first-order valence-electron chi connectivity index (χ1n) is 21.0. The molecule has 5 atom stereocenters. The SMILES string of the molecule is CCOC(=O)[C@@H](C)C[C@@H](Cc1ccccc1)NC(=O)c1csc([C@@H](C[C@H](C(C)C)N(C)C(=O)[C@@H](NC(=O)OCC2c3ccccc3-c3ccccc32)C(C)(C)C)OC(C)=O)n1. The highest BCUT2D eigenvalue weighted by molar-refractivity contribution is 7.09. The van der Waals surface area contributed by atoms with Crippen LogP contribution in [0.3, 0.4) is 0 Å². The predicted molar refractivity (Wildman–Crippen MR) is 236 cm³/mol. The van der Waals surface area contributed by atoms with E-state index in [1.807, 2.05) is 101 Å². The van der Waals surface area contributed by atoms with Gasteiger partial charge in [0.05, 0.1) is 12.5 Å². The summed E-state index contributed by atoms with van der Waals surface area (Å²) in [5.74, 6) is -2.33. The number of likely N-dealkylation sites (N-methyl/N-ethyl adjacent to an activating group) is 1. The number of rotatable bonds is 18. The van der Waals surface area contributed by atoms with Gasteiger partial charge in [-0.25, -0.2) is 9.78 Å². The van der Waals surface area contributed by atoms with Crippen molar-refractivity contribution < 1.29 is 38.2 Å². The summed E-state index contributed by atoms with van der Waals surface area (Å²) in [4.78, 5) is 72.9. The van der Waals surface area contributed by atoms with Crippen LogP contribution >= 0.6 is 11.3 Å². The molecule has 13 heteroatoms. The summed E-state index contributed by atoms with van der Waals surface area (Å²) in [6, 6.07) is 24.1. The molecule has 1 aromatic heterocycles. The summed E-state index contributed by atoms with van der Waals surface area (Å²) in [6.07, 6.45) is -0.541. The standard InChI is InChI=1S/C48H60N4O8S/c1-10-58-46(56)30(4)24-33(25-32-18-12-11-13-19-32)49-43(54)39-28-61-44(50-39)41(60-31(5)53)26-40(29(2)3)52(9)45(55)42(48(6,7)8)51-47(57)59-27-38-36-22-16-14-20-34(36)35-21-15-17-23-37(35)38/h11-23,28-30,33,38,40-42H,10,24-27H2,1-9H3,(H,49,54)(H,51,57)/t30-,33-,40+,41+,42+/m0/s1. The topological polar surface area (TPSA) is 153 Å². The second-order valence-corrected chi connectivity index (χ2v) is 18.1. The van der Waals surface area contributed by atoms with Gasteiger partial charge < -0.3 is 29.7 Å². The molecule has 1 aliphatic carbocycles. The highest BCUT2D eigenvalue weighted by Gasteiger charge is 2.40. The highest BCUT2D eigenvalue weighted by Crippen LogP contribution is 2.44. The van der Waals surface area contributed by atoms with Crippen LogP contribution in [0.15, 0.2) is 84.2 Å². The molecule has 0 saturated heterocycles. The fourth-order valence-electron chi connectivity index (χ4n) is 7.97. The second-order valence-electron chi connectivity index (χ2n) is 17.2. The van der Waals surface area contributed by atoms with E-state index in [1.54, 1.807) is 31.2 Å². The Morgan fingerprint density at radius 3 is 2.02 bits per heavy atom. The number of thiazole rings is 1. The van der Waals surface area contributed by atoms with E-state index in [0.29, 0.717) is 17.8 Å². The van der Waals surface area contributed by atoms with Gasteiger partial charge in [-0.3, -0.25) is 19.2 Å². The van der Waals surface area contributed by atoms with Gasteiger partial charge in [-0.1, -0.05) is 120 Å². The maximum Gasteiger partial charge on any atom is 0.407 e. The van der Waals surface area contributed by atoms with E-state index in [-0.39, 0.29) is 49.0 Å². The van der Waals surface area contributed by atoms with Crippen LogP contribution in [0, 0.1) is 17.3 Å². The molecule has 326 valence electrons. The molecule has 1 aliphatic rings. The summed E-state index contributed by atoms with van der Waals surface area (Å²) in [7, 11) is 1.68. The molecule has 2 N–H and O–H groups in total. The predicted octanol–water partition coefficient (Wildman–Crippen LogP) is 8.50. The van der Waals surface area contributed by atoms with Crippen LogP contribution in [0.5, 0.6) is 0 Å². The Balaban J connectivity index is 1.29. The molecule has 0 radical (unpaired) electrons. The third kappa shape index (κ3) is 12.1. The third-order valence-corrected chi connectivity index (χ3v) is 12.1. The summed E-state index contributed by atoms with van der Waals surface area (Å²) < 4.78 is 16.9. The van der Waals surface area contributed by atoms with Crippen molar-refractivity contribution in [3.05, 3.63) is 112 Å². The van der Waals surface area contributed by atoms with Gasteiger partial charge in [0.25, 0.3) is 5.91 Å². The monoisotopic (exact) mass is 852 g/mol. The van der Waals surface area contributed by atoms with E-state index < -0.39 is 53.5 Å². The Morgan fingerprint density at radius 2 is 1.44 bits per heavy atom. The molecule has 0 aliphatic heterocycles. The molecule has 61 heavy (non-hydrogen) atoms. The van der Waals surface area contributed by atoms with Gasteiger partial charge in [0, 0.05) is 43.8 Å². The number of nitrogens with one attached hydrogen (secondary N) is 2. The number of carbonyl (C=O) groups excluding carboxylic acids is 5. The van der Waals surface area contributed by atoms with Crippen molar-refractivity contribution in [3.63, 3.8) is 0 Å². The van der Waals surface area contributed by atoms with Crippen molar-refractivity contribution in [3.8, 4) is 11.1 Å². The Kier molecular flexibility index (Phi) is 15.9. The minimum Gasteiger partial charge on any atom is -0.466 e. The van der Waals surface area contributed by atoms with Gasteiger partial charge in [-0.05, 0) is 58.9 Å². The second kappa shape index (κ2) is 20.8. The lowest BCUT2D eigenvalue weighted by molar-refractivity contribution is -0.149. The van der Waals surface area contributed by atoms with Gasteiger partial charge in [0.1, 0.15) is 23.4 Å². The lowest BCUT2D eigenvalue weighted by Crippen LogP contribution is -2.56. The largest absolute Gasteiger partial charge is 0.466 e. The van der Waals surface area contributed by atoms with Crippen molar-refractivity contribution in [2.24, 2.45) is 17.3 Å². The lowest BCUT2D eigenvalue weighted by Gasteiger charge is -2.39. The zero-order valence-electron chi connectivity index (χ0n) is 36.7. The summed E-state index contributed by atoms with van der Waals surface area (Å²) in [6.45, 7) is 14.8. The van der Waals surface area contributed by atoms with Crippen LogP contribution in [-0.4, -0.2) is 78.1 Å². The molecule has 0 saturated carbocycles. The van der Waals surface area contributed by atoms with E-state index in [4.69, 9.17) is 14.2 Å². The molecule has 0 unspecified atom stereocenters. The van der Waals surface area contributed by atoms with Crippen molar-refractivity contribution >= 4 is 41.2 Å². The van der Waals surface area contributed by atoms with Crippen LogP contribution in [0.25, 0.3) is 11.1 Å². The van der Waals surface area contributed by atoms with Gasteiger partial charge >= 0.3 is 18.0 Å². The summed E-state index contributed by atoms with van der Waals surface area (Å²) >= 11 is 1.18. The zero-order valence-corrected chi connectivity index (χ0v) is 37.5. The van der Waals surface area contributed by atoms with Gasteiger partial charge in [-0.15, -0.1) is 11.3 Å². The van der Waals surface area contributed by atoms with Gasteiger partial charge in [0.2, 0.25) is 5.91 Å². The lowest BCUT2D eigenvalue weighted by atomic mass is 9.85. The number of nitrogens with zero attached hydrogens (tertiary/aromatic N) is 2. The van der Waals surface area contributed by atoms with Crippen molar-refractivity contribution in [2.45, 2.75) is 105 Å². The van der Waals surface area contributed by atoms with Crippen LogP contribution in [0.2, 0.25) is 0 Å². The van der Waals surface area contributed by atoms with Crippen molar-refractivity contribution in [2.75, 3.05) is 20.3 Å². The molecule has 4 aromatic rings. The molecule has 0 bridgehead atoms. The minimum absolute atomic E-state index is 0.105. The zero-order chi connectivity index (χ0) is 44.4. The number of hydrogen-bond donors (Lipinski definition) is 2. The minimum atomic E-state index is -0.952. The number of ether oxygens (including phenoxy) is 3. The number of benzene rings is 3. The van der Waals surface area contributed by atoms with Crippen LogP contribution in [-0.2, 0) is 35.0 Å². The number of alkyl carbamates (subject to hydrolysis) is 1. The smallest absolute Gasteiger partial charge is 0.407 e. The molecular formula is C48H60N4O8S. The summed E-state index contributed by atoms with van der Waals surface area (Å²) in [5, 5.41) is 7.95. The molecule has 3 amide bonds. The Bertz CT molecular complexity index is 2100. The first-order valence-corrected chi connectivity index (χ1v) is 21.9. The third-order valence-electron chi connectivity index (χ3n) is 11.1. The van der Waals surface area contributed by atoms with Crippen LogP contribution in [0.1, 0.15) is 112 Å². The number of carbonyl (C=O) groups is 5. The molecule has 5 rings (SSSR count). The highest BCUT2D eigenvalue weighted by atomic mass is 32.1. The molecule has 3 aromatic carbocycles. The fraction of sp³-hybridized carbons (Fsp3) is 0.458.